The quantitative estimate of drug-likeness (QED) is 0.831. The van der Waals surface area contributed by atoms with Crippen LogP contribution in [0, 0.1) is 12.8 Å². The van der Waals surface area contributed by atoms with Gasteiger partial charge in [-0.25, -0.2) is 0 Å². The van der Waals surface area contributed by atoms with E-state index in [1.165, 1.54) is 0 Å². The van der Waals surface area contributed by atoms with Crippen LogP contribution in [-0.2, 0) is 5.60 Å². The standard InChI is InChI=1S/C13H17ClO/c1-3-4-10-8-13(10,15)12-6-5-11(14)7-9(12)2/h5-7,10,15H,3-4,8H2,1-2H3. The third-order valence-electron chi connectivity index (χ3n) is 3.36. The third kappa shape index (κ3) is 1.91. The first kappa shape index (κ1) is 11.0. The van der Waals surface area contributed by atoms with Crippen LogP contribution in [0.15, 0.2) is 18.2 Å². The van der Waals surface area contributed by atoms with Gasteiger partial charge in [0.15, 0.2) is 0 Å². The second-order valence-electron chi connectivity index (χ2n) is 4.57. The van der Waals surface area contributed by atoms with Gasteiger partial charge < -0.3 is 5.11 Å². The first-order valence-corrected chi connectivity index (χ1v) is 5.94. The van der Waals surface area contributed by atoms with Crippen LogP contribution in [-0.4, -0.2) is 5.11 Å². The van der Waals surface area contributed by atoms with Crippen molar-refractivity contribution >= 4 is 11.6 Å². The van der Waals surface area contributed by atoms with Crippen LogP contribution in [0.4, 0.5) is 0 Å². The van der Waals surface area contributed by atoms with E-state index < -0.39 is 5.60 Å². The minimum Gasteiger partial charge on any atom is -0.385 e. The molecule has 0 aliphatic heterocycles. The van der Waals surface area contributed by atoms with Crippen molar-refractivity contribution in [1.82, 2.24) is 0 Å². The predicted molar refractivity (Wildman–Crippen MR) is 63.1 cm³/mol. The van der Waals surface area contributed by atoms with Gasteiger partial charge in [-0.1, -0.05) is 31.0 Å². The van der Waals surface area contributed by atoms with Gasteiger partial charge in [0, 0.05) is 5.02 Å². The van der Waals surface area contributed by atoms with Gasteiger partial charge >= 0.3 is 0 Å². The topological polar surface area (TPSA) is 20.2 Å². The molecule has 82 valence electrons. The van der Waals surface area contributed by atoms with Gasteiger partial charge in [0.05, 0.1) is 5.60 Å². The number of hydrogen-bond donors (Lipinski definition) is 1. The van der Waals surface area contributed by atoms with E-state index in [1.807, 2.05) is 25.1 Å². The van der Waals surface area contributed by atoms with Crippen LogP contribution < -0.4 is 0 Å². The Hall–Kier alpha value is -0.530. The summed E-state index contributed by atoms with van der Waals surface area (Å²) >= 11 is 5.90. The summed E-state index contributed by atoms with van der Waals surface area (Å²) in [6.45, 7) is 4.17. The molecule has 1 nitrogen and oxygen atoms in total. The van der Waals surface area contributed by atoms with Gasteiger partial charge in [-0.2, -0.15) is 0 Å². The molecule has 1 saturated carbocycles. The Bertz CT molecular complexity index is 375. The summed E-state index contributed by atoms with van der Waals surface area (Å²) in [5, 5.41) is 11.2. The summed E-state index contributed by atoms with van der Waals surface area (Å²) in [4.78, 5) is 0. The van der Waals surface area contributed by atoms with Crippen LogP contribution in [0.2, 0.25) is 5.02 Å². The third-order valence-corrected chi connectivity index (χ3v) is 3.60. The van der Waals surface area contributed by atoms with Crippen LogP contribution >= 0.6 is 11.6 Å². The molecule has 2 unspecified atom stereocenters. The van der Waals surface area contributed by atoms with E-state index in [0.717, 1.165) is 35.4 Å². The summed E-state index contributed by atoms with van der Waals surface area (Å²) in [6, 6.07) is 5.76. The van der Waals surface area contributed by atoms with Crippen molar-refractivity contribution in [1.29, 1.82) is 0 Å². The fraction of sp³-hybridized carbons (Fsp3) is 0.538. The van der Waals surface area contributed by atoms with E-state index in [2.05, 4.69) is 6.92 Å². The molecule has 2 heteroatoms. The van der Waals surface area contributed by atoms with Crippen LogP contribution in [0.25, 0.3) is 0 Å². The molecule has 0 radical (unpaired) electrons. The van der Waals surface area contributed by atoms with Crippen molar-refractivity contribution in [3.05, 3.63) is 34.3 Å². The minimum atomic E-state index is -0.565. The molecule has 0 aromatic heterocycles. The van der Waals surface area contributed by atoms with Crippen molar-refractivity contribution in [2.45, 2.75) is 38.7 Å². The van der Waals surface area contributed by atoms with Crippen molar-refractivity contribution in [3.63, 3.8) is 0 Å². The van der Waals surface area contributed by atoms with Crippen LogP contribution in [0.1, 0.15) is 37.3 Å². The predicted octanol–water partition coefficient (Wildman–Crippen LogP) is 3.66. The highest BCUT2D eigenvalue weighted by atomic mass is 35.5. The van der Waals surface area contributed by atoms with Crippen molar-refractivity contribution < 1.29 is 5.11 Å². The normalized spacial score (nSPS) is 29.2. The van der Waals surface area contributed by atoms with Crippen molar-refractivity contribution in [2.24, 2.45) is 5.92 Å². The molecule has 1 N–H and O–H groups in total. The summed E-state index contributed by atoms with van der Waals surface area (Å²) in [5.74, 6) is 0.447. The van der Waals surface area contributed by atoms with E-state index in [9.17, 15) is 5.11 Å². The summed E-state index contributed by atoms with van der Waals surface area (Å²) in [6.07, 6.45) is 3.15. The molecule has 1 aliphatic carbocycles. The first-order chi connectivity index (χ1) is 7.08. The highest BCUT2D eigenvalue weighted by molar-refractivity contribution is 6.30. The molecular formula is C13H17ClO. The van der Waals surface area contributed by atoms with Gasteiger partial charge in [-0.15, -0.1) is 0 Å². The minimum absolute atomic E-state index is 0.447. The second-order valence-corrected chi connectivity index (χ2v) is 5.01. The zero-order valence-electron chi connectivity index (χ0n) is 9.26. The number of hydrogen-bond acceptors (Lipinski definition) is 1. The Balaban J connectivity index is 2.24. The highest BCUT2D eigenvalue weighted by Gasteiger charge is 2.53. The van der Waals surface area contributed by atoms with Gasteiger partial charge in [0.25, 0.3) is 0 Å². The number of benzene rings is 1. The van der Waals surface area contributed by atoms with E-state index in [1.54, 1.807) is 0 Å². The molecule has 15 heavy (non-hydrogen) atoms. The van der Waals surface area contributed by atoms with E-state index in [4.69, 9.17) is 11.6 Å². The molecule has 1 aromatic rings. The number of aliphatic hydroxyl groups is 1. The second kappa shape index (κ2) is 3.80. The average Bonchev–Trinajstić information content (AvgIpc) is 2.78. The highest BCUT2D eigenvalue weighted by Crippen LogP contribution is 2.55. The maximum absolute atomic E-state index is 10.4. The summed E-state index contributed by atoms with van der Waals surface area (Å²) in [7, 11) is 0. The van der Waals surface area contributed by atoms with Crippen molar-refractivity contribution in [2.75, 3.05) is 0 Å². The largest absolute Gasteiger partial charge is 0.385 e. The van der Waals surface area contributed by atoms with Crippen molar-refractivity contribution in [3.8, 4) is 0 Å². The summed E-state index contributed by atoms with van der Waals surface area (Å²) in [5.41, 5.74) is 1.60. The smallest absolute Gasteiger partial charge is 0.0932 e. The van der Waals surface area contributed by atoms with E-state index >= 15 is 0 Å². The lowest BCUT2D eigenvalue weighted by atomic mass is 9.99. The Labute approximate surface area is 96.1 Å². The maximum atomic E-state index is 10.4. The number of aryl methyl sites for hydroxylation is 1. The molecule has 0 saturated heterocycles. The molecular weight excluding hydrogens is 208 g/mol. The molecule has 2 rings (SSSR count). The average molecular weight is 225 g/mol. The lowest BCUT2D eigenvalue weighted by molar-refractivity contribution is 0.128. The fourth-order valence-corrected chi connectivity index (χ4v) is 2.68. The van der Waals surface area contributed by atoms with E-state index in [0.29, 0.717) is 5.92 Å². The number of halogens is 1. The Morgan fingerprint density at radius 3 is 2.87 bits per heavy atom. The van der Waals surface area contributed by atoms with Gasteiger partial charge in [0.1, 0.15) is 0 Å². The molecule has 0 bridgehead atoms. The Morgan fingerprint density at radius 1 is 1.53 bits per heavy atom. The Morgan fingerprint density at radius 2 is 2.27 bits per heavy atom. The SMILES string of the molecule is CCCC1CC1(O)c1ccc(Cl)cc1C. The van der Waals surface area contributed by atoms with Gasteiger partial charge in [-0.05, 0) is 48.9 Å². The molecule has 0 spiro atoms. The molecule has 0 heterocycles. The van der Waals surface area contributed by atoms with Gasteiger partial charge in [0.2, 0.25) is 0 Å². The molecule has 0 amide bonds. The number of rotatable bonds is 3. The van der Waals surface area contributed by atoms with Gasteiger partial charge in [-0.3, -0.25) is 0 Å². The maximum Gasteiger partial charge on any atom is 0.0932 e. The first-order valence-electron chi connectivity index (χ1n) is 5.57. The molecule has 1 aromatic carbocycles. The summed E-state index contributed by atoms with van der Waals surface area (Å²) < 4.78 is 0. The zero-order chi connectivity index (χ0) is 11.1. The monoisotopic (exact) mass is 224 g/mol. The van der Waals surface area contributed by atoms with Crippen LogP contribution in [0.5, 0.6) is 0 Å². The zero-order valence-corrected chi connectivity index (χ0v) is 10.0. The lowest BCUT2D eigenvalue weighted by Crippen LogP contribution is -2.10. The lowest BCUT2D eigenvalue weighted by Gasteiger charge is -2.14. The molecule has 1 fully saturated rings. The molecule has 1 aliphatic rings. The molecule has 2 atom stereocenters. The Kier molecular flexibility index (Phi) is 2.78. The van der Waals surface area contributed by atoms with Crippen LogP contribution in [0.3, 0.4) is 0 Å². The fourth-order valence-electron chi connectivity index (χ4n) is 2.45. The van der Waals surface area contributed by atoms with E-state index in [-0.39, 0.29) is 0 Å².